The zero-order chi connectivity index (χ0) is 28.3. The Morgan fingerprint density at radius 2 is 1.74 bits per heavy atom. The Labute approximate surface area is 225 Å². The van der Waals surface area contributed by atoms with Crippen molar-refractivity contribution in [3.8, 4) is 0 Å². The van der Waals surface area contributed by atoms with Gasteiger partial charge in [0.2, 0.25) is 5.91 Å². The van der Waals surface area contributed by atoms with Gasteiger partial charge < -0.3 is 4.74 Å². The average Bonchev–Trinajstić information content (AvgIpc) is 3.32. The number of hydrazine groups is 1. The van der Waals surface area contributed by atoms with Gasteiger partial charge in [0.05, 0.1) is 12.3 Å². The predicted molar refractivity (Wildman–Crippen MR) is 145 cm³/mol. The molecule has 0 spiro atoms. The van der Waals surface area contributed by atoms with Crippen molar-refractivity contribution in [2.45, 2.75) is 73.3 Å². The van der Waals surface area contributed by atoms with Crippen LogP contribution in [0.1, 0.15) is 72.7 Å². The lowest BCUT2D eigenvalue weighted by molar-refractivity contribution is -0.172. The van der Waals surface area contributed by atoms with Crippen LogP contribution in [-0.4, -0.2) is 50.4 Å². The Balaban J connectivity index is 2.61. The van der Waals surface area contributed by atoms with Crippen molar-refractivity contribution in [1.29, 1.82) is 0 Å². The molecule has 2 atom stereocenters. The maximum Gasteiger partial charge on any atom is 0.311 e. The number of allylic oxidation sites excluding steroid dienone is 1. The van der Waals surface area contributed by atoms with Crippen molar-refractivity contribution in [2.24, 2.45) is 23.2 Å². The summed E-state index contributed by atoms with van der Waals surface area (Å²) < 4.78 is 5.79. The number of esters is 1. The minimum atomic E-state index is -1.75. The summed E-state index contributed by atoms with van der Waals surface area (Å²) in [6, 6.07) is 9.61. The summed E-state index contributed by atoms with van der Waals surface area (Å²) in [7, 11) is 0. The summed E-state index contributed by atoms with van der Waals surface area (Å²) in [6.07, 6.45) is 3.67. The first-order valence-corrected chi connectivity index (χ1v) is 13.1. The molecule has 0 fully saturated rings. The highest BCUT2D eigenvalue weighted by Gasteiger charge is 2.55. The van der Waals surface area contributed by atoms with E-state index in [1.807, 2.05) is 70.2 Å². The molecule has 3 N–H and O–H groups in total. The monoisotopic (exact) mass is 526 g/mol. The zero-order valence-corrected chi connectivity index (χ0v) is 23.6. The van der Waals surface area contributed by atoms with Crippen LogP contribution < -0.4 is 10.9 Å². The third kappa shape index (κ3) is 9.16. The van der Waals surface area contributed by atoms with Crippen LogP contribution in [0.2, 0.25) is 0 Å². The van der Waals surface area contributed by atoms with Crippen LogP contribution >= 0.6 is 0 Å². The molecule has 0 aliphatic heterocycles. The van der Waals surface area contributed by atoms with Gasteiger partial charge in [-0.3, -0.25) is 19.8 Å². The van der Waals surface area contributed by atoms with Crippen LogP contribution in [0.15, 0.2) is 36.4 Å². The number of aromatic amines is 1. The second kappa shape index (κ2) is 13.9. The molecule has 1 aromatic heterocycles. The molecule has 1 heterocycles. The van der Waals surface area contributed by atoms with Crippen LogP contribution in [0, 0.1) is 23.2 Å². The third-order valence-electron chi connectivity index (χ3n) is 5.82. The number of ether oxygens (including phenoxy) is 1. The van der Waals surface area contributed by atoms with Gasteiger partial charge in [0, 0.05) is 6.54 Å². The highest BCUT2D eigenvalue weighted by Crippen LogP contribution is 2.41. The van der Waals surface area contributed by atoms with Crippen molar-refractivity contribution in [3.63, 3.8) is 0 Å². The predicted octanol–water partition coefficient (Wildman–Crippen LogP) is 3.68. The van der Waals surface area contributed by atoms with Crippen molar-refractivity contribution in [2.75, 3.05) is 6.54 Å². The van der Waals surface area contributed by atoms with Gasteiger partial charge in [-0.05, 0) is 51.0 Å². The fourth-order valence-electron chi connectivity index (χ4n) is 4.25. The van der Waals surface area contributed by atoms with E-state index in [9.17, 15) is 14.4 Å². The third-order valence-corrected chi connectivity index (χ3v) is 5.82. The number of H-pyrrole nitrogens is 1. The van der Waals surface area contributed by atoms with Gasteiger partial charge in [-0.15, -0.1) is 10.2 Å². The molecule has 10 nitrogen and oxygen atoms in total. The second-order valence-corrected chi connectivity index (χ2v) is 11.4. The van der Waals surface area contributed by atoms with Crippen molar-refractivity contribution < 1.29 is 19.1 Å². The number of rotatable bonds is 14. The summed E-state index contributed by atoms with van der Waals surface area (Å²) >= 11 is 0. The standard InChI is InChI=1S/C28H42N6O4/c1-19(2)17-28(26(37)32-29-18-20(3)4,23(35)16-24-30-33-34-31-24)22(25(36)38-27(5,6)7)15-11-14-21-12-9-8-10-13-21/h8-14,19-20,22,29H,15-18H2,1-7H3,(H,32,37)(H,30,31,33,34)/b14-11+/t22-,28-/m1/s1. The van der Waals surface area contributed by atoms with E-state index in [1.165, 1.54) is 0 Å². The fourth-order valence-corrected chi connectivity index (χ4v) is 4.25. The van der Waals surface area contributed by atoms with E-state index in [-0.39, 0.29) is 36.9 Å². The largest absolute Gasteiger partial charge is 0.460 e. The Morgan fingerprint density at radius 3 is 2.29 bits per heavy atom. The first kappa shape index (κ1) is 30.8. The second-order valence-electron chi connectivity index (χ2n) is 11.4. The lowest BCUT2D eigenvalue weighted by Crippen LogP contribution is -2.58. The molecule has 1 amide bonds. The van der Waals surface area contributed by atoms with Gasteiger partial charge in [-0.1, -0.05) is 75.4 Å². The van der Waals surface area contributed by atoms with Crippen LogP contribution in [0.4, 0.5) is 0 Å². The van der Waals surface area contributed by atoms with E-state index in [1.54, 1.807) is 20.8 Å². The number of ketones is 1. The Hall–Kier alpha value is -3.40. The van der Waals surface area contributed by atoms with Crippen LogP contribution in [-0.2, 0) is 25.5 Å². The molecule has 0 aliphatic carbocycles. The molecule has 0 aliphatic rings. The number of hydrogen-bond donors (Lipinski definition) is 3. The minimum absolute atomic E-state index is 0.0943. The van der Waals surface area contributed by atoms with E-state index >= 15 is 0 Å². The maximum atomic E-state index is 14.1. The number of tetrazole rings is 1. The van der Waals surface area contributed by atoms with Gasteiger partial charge in [0.1, 0.15) is 11.0 Å². The molecule has 38 heavy (non-hydrogen) atoms. The summed E-state index contributed by atoms with van der Waals surface area (Å²) in [6.45, 7) is 13.6. The molecule has 0 bridgehead atoms. The quantitative estimate of drug-likeness (QED) is 0.192. The number of nitrogens with one attached hydrogen (secondary N) is 3. The molecule has 10 heteroatoms. The van der Waals surface area contributed by atoms with Gasteiger partial charge in [-0.25, -0.2) is 5.43 Å². The van der Waals surface area contributed by atoms with Crippen molar-refractivity contribution in [3.05, 3.63) is 47.8 Å². The molecule has 0 saturated carbocycles. The van der Waals surface area contributed by atoms with E-state index in [0.29, 0.717) is 6.54 Å². The molecule has 2 rings (SSSR count). The van der Waals surface area contributed by atoms with E-state index in [4.69, 9.17) is 4.74 Å². The van der Waals surface area contributed by atoms with Gasteiger partial charge >= 0.3 is 5.97 Å². The molecule has 0 saturated heterocycles. The average molecular weight is 527 g/mol. The molecular formula is C28H42N6O4. The van der Waals surface area contributed by atoms with E-state index in [2.05, 4.69) is 31.5 Å². The summed E-state index contributed by atoms with van der Waals surface area (Å²) in [5.74, 6) is -2.46. The Morgan fingerprint density at radius 1 is 1.05 bits per heavy atom. The lowest BCUT2D eigenvalue weighted by Gasteiger charge is -2.39. The number of nitrogens with zero attached hydrogens (tertiary/aromatic N) is 3. The first-order valence-electron chi connectivity index (χ1n) is 13.1. The highest BCUT2D eigenvalue weighted by molar-refractivity contribution is 6.09. The lowest BCUT2D eigenvalue weighted by atomic mass is 9.64. The number of carbonyl (C=O) groups is 3. The van der Waals surface area contributed by atoms with Crippen LogP contribution in [0.5, 0.6) is 0 Å². The van der Waals surface area contributed by atoms with Crippen LogP contribution in [0.3, 0.4) is 0 Å². The normalized spacial score (nSPS) is 14.4. The highest BCUT2D eigenvalue weighted by atomic mass is 16.6. The number of hydrogen-bond acceptors (Lipinski definition) is 8. The maximum absolute atomic E-state index is 14.1. The molecular weight excluding hydrogens is 484 g/mol. The van der Waals surface area contributed by atoms with Crippen molar-refractivity contribution in [1.82, 2.24) is 31.5 Å². The molecule has 208 valence electrons. The number of amides is 1. The number of Topliss-reactive ketones (excluding diaryl/α,β-unsaturated/α-hetero) is 1. The molecule has 0 unspecified atom stereocenters. The molecule has 2 aromatic rings. The SMILES string of the molecule is CC(C)CNNC(=O)[C@@](CC(C)C)(C(=O)Cc1nn[nH]n1)[C@H](C/C=C/c1ccccc1)C(=O)OC(C)(C)C. The van der Waals surface area contributed by atoms with Crippen LogP contribution in [0.25, 0.3) is 6.08 Å². The fraction of sp³-hybridized carbons (Fsp3) is 0.571. The summed E-state index contributed by atoms with van der Waals surface area (Å²) in [5, 5.41) is 13.7. The Kier molecular flexibility index (Phi) is 11.3. The zero-order valence-electron chi connectivity index (χ0n) is 23.6. The number of aromatic nitrogens is 4. The first-order chi connectivity index (χ1) is 17.8. The Bertz CT molecular complexity index is 1060. The summed E-state index contributed by atoms with van der Waals surface area (Å²) in [4.78, 5) is 41.9. The summed E-state index contributed by atoms with van der Waals surface area (Å²) in [5.41, 5.74) is 4.02. The van der Waals surface area contributed by atoms with Gasteiger partial charge in [0.15, 0.2) is 11.6 Å². The van der Waals surface area contributed by atoms with Gasteiger partial charge in [-0.2, -0.15) is 5.21 Å². The van der Waals surface area contributed by atoms with Crippen molar-refractivity contribution >= 4 is 23.7 Å². The number of carbonyl (C=O) groups excluding carboxylic acids is 3. The number of benzene rings is 1. The topological polar surface area (TPSA) is 139 Å². The smallest absolute Gasteiger partial charge is 0.311 e. The van der Waals surface area contributed by atoms with E-state index < -0.39 is 34.6 Å². The molecule has 1 aromatic carbocycles. The van der Waals surface area contributed by atoms with Gasteiger partial charge in [0.25, 0.3) is 0 Å². The van der Waals surface area contributed by atoms with E-state index in [0.717, 1.165) is 5.56 Å². The molecule has 0 radical (unpaired) electrons. The minimum Gasteiger partial charge on any atom is -0.460 e.